The van der Waals surface area contributed by atoms with Gasteiger partial charge in [-0.25, -0.2) is 4.39 Å². The molecule has 29 heavy (non-hydrogen) atoms. The van der Waals surface area contributed by atoms with Crippen molar-refractivity contribution < 1.29 is 14.0 Å². The van der Waals surface area contributed by atoms with E-state index < -0.39 is 6.04 Å². The maximum atomic E-state index is 13.2. The fourth-order valence-corrected chi connectivity index (χ4v) is 3.66. The Morgan fingerprint density at radius 3 is 2.41 bits per heavy atom. The fraction of sp³-hybridized carbons (Fsp3) is 0.364. The van der Waals surface area contributed by atoms with E-state index in [1.807, 2.05) is 31.2 Å². The van der Waals surface area contributed by atoms with Gasteiger partial charge < -0.3 is 10.2 Å². The first-order valence-electron chi connectivity index (χ1n) is 9.60. The number of nitrogens with zero attached hydrogens (tertiary/aromatic N) is 1. The highest BCUT2D eigenvalue weighted by Crippen LogP contribution is 2.22. The van der Waals surface area contributed by atoms with Crippen molar-refractivity contribution in [3.63, 3.8) is 0 Å². The summed E-state index contributed by atoms with van der Waals surface area (Å²) in [5.74, 6) is -0.0497. The minimum atomic E-state index is -0.611. The zero-order valence-electron chi connectivity index (χ0n) is 16.7. The van der Waals surface area contributed by atoms with Gasteiger partial charge >= 0.3 is 0 Å². The molecule has 2 rings (SSSR count). The van der Waals surface area contributed by atoms with Crippen LogP contribution in [0, 0.1) is 5.82 Å². The summed E-state index contributed by atoms with van der Waals surface area (Å²) < 4.78 is 13.2. The van der Waals surface area contributed by atoms with Crippen LogP contribution in [0.3, 0.4) is 0 Å². The van der Waals surface area contributed by atoms with Gasteiger partial charge in [-0.05, 0) is 55.3 Å². The van der Waals surface area contributed by atoms with E-state index in [1.165, 1.54) is 12.1 Å². The van der Waals surface area contributed by atoms with E-state index in [-0.39, 0.29) is 24.2 Å². The van der Waals surface area contributed by atoms with Crippen molar-refractivity contribution >= 4 is 35.2 Å². The Morgan fingerprint density at radius 2 is 1.79 bits per heavy atom. The lowest BCUT2D eigenvalue weighted by atomic mass is 10.1. The molecule has 0 heterocycles. The van der Waals surface area contributed by atoms with Gasteiger partial charge in [0.2, 0.25) is 11.8 Å². The van der Waals surface area contributed by atoms with Gasteiger partial charge in [0.25, 0.3) is 0 Å². The monoisotopic (exact) mass is 436 g/mol. The Balaban J connectivity index is 2.03. The third-order valence-corrected chi connectivity index (χ3v) is 5.65. The van der Waals surface area contributed by atoms with Crippen molar-refractivity contribution in [2.24, 2.45) is 0 Å². The van der Waals surface area contributed by atoms with Crippen LogP contribution in [0.15, 0.2) is 53.4 Å². The topological polar surface area (TPSA) is 49.4 Å². The van der Waals surface area contributed by atoms with Gasteiger partial charge in [-0.3, -0.25) is 9.59 Å². The first kappa shape index (κ1) is 23.2. The largest absolute Gasteiger partial charge is 0.354 e. The van der Waals surface area contributed by atoms with Crippen molar-refractivity contribution in [2.75, 3.05) is 12.3 Å². The van der Waals surface area contributed by atoms with E-state index in [1.54, 1.807) is 35.7 Å². The fourth-order valence-electron chi connectivity index (χ4n) is 2.70. The average molecular weight is 437 g/mol. The van der Waals surface area contributed by atoms with Gasteiger partial charge in [-0.2, -0.15) is 0 Å². The van der Waals surface area contributed by atoms with Crippen LogP contribution in [-0.4, -0.2) is 35.1 Å². The molecular weight excluding hydrogens is 411 g/mol. The molecule has 2 amide bonds. The van der Waals surface area contributed by atoms with Gasteiger partial charge in [-0.15, -0.1) is 11.8 Å². The van der Waals surface area contributed by atoms with Crippen molar-refractivity contribution in [2.45, 2.75) is 44.2 Å². The highest BCUT2D eigenvalue weighted by Gasteiger charge is 2.25. The van der Waals surface area contributed by atoms with E-state index in [0.29, 0.717) is 23.7 Å². The number of rotatable bonds is 10. The van der Waals surface area contributed by atoms with Crippen LogP contribution in [-0.2, 0) is 16.1 Å². The molecule has 1 unspecified atom stereocenters. The average Bonchev–Trinajstić information content (AvgIpc) is 2.72. The normalized spacial score (nSPS) is 11.7. The number of hydrogen-bond donors (Lipinski definition) is 1. The minimum absolute atomic E-state index is 0.116. The molecule has 156 valence electrons. The summed E-state index contributed by atoms with van der Waals surface area (Å²) in [5, 5.41) is 3.51. The standard InChI is InChI=1S/C22H26ClFN2O2S/c1-3-13-25-22(28)16(2)26(15-17-4-8-19(24)9-5-17)21(27)12-14-29-20-10-6-18(23)7-11-20/h4-11,16H,3,12-15H2,1-2H3,(H,25,28). The van der Waals surface area contributed by atoms with E-state index in [9.17, 15) is 14.0 Å². The molecule has 4 nitrogen and oxygen atoms in total. The Kier molecular flexibility index (Phi) is 9.48. The Morgan fingerprint density at radius 1 is 1.14 bits per heavy atom. The molecular formula is C22H26ClFN2O2S. The minimum Gasteiger partial charge on any atom is -0.354 e. The number of carbonyl (C=O) groups is 2. The maximum absolute atomic E-state index is 13.2. The lowest BCUT2D eigenvalue weighted by molar-refractivity contribution is -0.140. The van der Waals surface area contributed by atoms with Crippen LogP contribution < -0.4 is 5.32 Å². The number of carbonyl (C=O) groups excluding carboxylic acids is 2. The third kappa shape index (κ3) is 7.71. The second-order valence-electron chi connectivity index (χ2n) is 6.67. The predicted octanol–water partition coefficient (Wildman–Crippen LogP) is 4.90. The van der Waals surface area contributed by atoms with E-state index in [2.05, 4.69) is 5.32 Å². The highest BCUT2D eigenvalue weighted by atomic mass is 35.5. The first-order valence-corrected chi connectivity index (χ1v) is 11.0. The number of hydrogen-bond acceptors (Lipinski definition) is 3. The summed E-state index contributed by atoms with van der Waals surface area (Å²) in [6, 6.07) is 12.8. The van der Waals surface area contributed by atoms with Gasteiger partial charge in [0, 0.05) is 35.2 Å². The lowest BCUT2D eigenvalue weighted by Gasteiger charge is -2.29. The molecule has 0 saturated carbocycles. The maximum Gasteiger partial charge on any atom is 0.242 e. The molecule has 0 aliphatic heterocycles. The smallest absolute Gasteiger partial charge is 0.242 e. The van der Waals surface area contributed by atoms with Gasteiger partial charge in [0.05, 0.1) is 0 Å². The van der Waals surface area contributed by atoms with Crippen LogP contribution in [0.2, 0.25) is 5.02 Å². The molecule has 0 aliphatic carbocycles. The van der Waals surface area contributed by atoms with Crippen LogP contribution in [0.5, 0.6) is 0 Å². The molecule has 0 saturated heterocycles. The molecule has 7 heteroatoms. The zero-order chi connectivity index (χ0) is 21.2. The number of amides is 2. The molecule has 0 spiro atoms. The summed E-state index contributed by atoms with van der Waals surface area (Å²) in [6.45, 7) is 4.51. The molecule has 1 N–H and O–H groups in total. The molecule has 0 aliphatic rings. The van der Waals surface area contributed by atoms with Crippen molar-refractivity contribution in [1.29, 1.82) is 0 Å². The van der Waals surface area contributed by atoms with E-state index >= 15 is 0 Å². The summed E-state index contributed by atoms with van der Waals surface area (Å²) in [4.78, 5) is 27.9. The van der Waals surface area contributed by atoms with Crippen LogP contribution in [0.25, 0.3) is 0 Å². The predicted molar refractivity (Wildman–Crippen MR) is 117 cm³/mol. The Hall–Kier alpha value is -2.05. The molecule has 0 fully saturated rings. The lowest BCUT2D eigenvalue weighted by Crippen LogP contribution is -2.47. The number of nitrogens with one attached hydrogen (secondary N) is 1. The molecule has 0 bridgehead atoms. The zero-order valence-corrected chi connectivity index (χ0v) is 18.2. The van der Waals surface area contributed by atoms with E-state index in [4.69, 9.17) is 11.6 Å². The molecule has 0 radical (unpaired) electrons. The Bertz CT molecular complexity index is 799. The summed E-state index contributed by atoms with van der Waals surface area (Å²) >= 11 is 7.45. The summed E-state index contributed by atoms with van der Waals surface area (Å²) in [6.07, 6.45) is 1.11. The van der Waals surface area contributed by atoms with Gasteiger partial charge in [0.1, 0.15) is 11.9 Å². The molecule has 0 aromatic heterocycles. The summed E-state index contributed by atoms with van der Waals surface area (Å²) in [7, 11) is 0. The number of thioether (sulfide) groups is 1. The first-order chi connectivity index (χ1) is 13.9. The van der Waals surface area contributed by atoms with Crippen LogP contribution in [0.1, 0.15) is 32.3 Å². The summed E-state index contributed by atoms with van der Waals surface area (Å²) in [5.41, 5.74) is 0.778. The van der Waals surface area contributed by atoms with Crippen LogP contribution >= 0.6 is 23.4 Å². The van der Waals surface area contributed by atoms with Crippen molar-refractivity contribution in [3.8, 4) is 0 Å². The Labute approximate surface area is 180 Å². The molecule has 2 aromatic rings. The highest BCUT2D eigenvalue weighted by molar-refractivity contribution is 7.99. The third-order valence-electron chi connectivity index (χ3n) is 4.38. The van der Waals surface area contributed by atoms with Gasteiger partial charge in [-0.1, -0.05) is 30.7 Å². The van der Waals surface area contributed by atoms with Crippen molar-refractivity contribution in [1.82, 2.24) is 10.2 Å². The number of benzene rings is 2. The molecule has 2 aromatic carbocycles. The number of halogens is 2. The second-order valence-corrected chi connectivity index (χ2v) is 8.27. The second kappa shape index (κ2) is 11.8. The molecule has 1 atom stereocenters. The van der Waals surface area contributed by atoms with Gasteiger partial charge in [0.15, 0.2) is 0 Å². The van der Waals surface area contributed by atoms with Crippen LogP contribution in [0.4, 0.5) is 4.39 Å². The quantitative estimate of drug-likeness (QED) is 0.538. The SMILES string of the molecule is CCCNC(=O)C(C)N(Cc1ccc(F)cc1)C(=O)CCSc1ccc(Cl)cc1. The van der Waals surface area contributed by atoms with E-state index in [0.717, 1.165) is 16.9 Å². The van der Waals surface area contributed by atoms with Crippen molar-refractivity contribution in [3.05, 3.63) is 64.9 Å².